The molecule has 0 radical (unpaired) electrons. The second-order valence-corrected chi connectivity index (χ2v) is 7.31. The van der Waals surface area contributed by atoms with E-state index in [1.54, 1.807) is 0 Å². The van der Waals surface area contributed by atoms with Crippen LogP contribution in [0.4, 0.5) is 0 Å². The molecule has 2 atom stereocenters. The maximum atomic E-state index is 12.9. The van der Waals surface area contributed by atoms with E-state index in [0.29, 0.717) is 12.8 Å². The molecule has 150 valence electrons. The first-order chi connectivity index (χ1) is 13.3. The Morgan fingerprint density at radius 3 is 2.29 bits per heavy atom. The Hall–Kier alpha value is -2.89. The summed E-state index contributed by atoms with van der Waals surface area (Å²) >= 11 is 0. The minimum Gasteiger partial charge on any atom is -0.467 e. The Bertz CT molecular complexity index is 842. The molecule has 28 heavy (non-hydrogen) atoms. The van der Waals surface area contributed by atoms with Crippen molar-refractivity contribution in [2.24, 2.45) is 5.92 Å². The number of esters is 1. The number of rotatable bonds is 8. The first-order valence-electron chi connectivity index (χ1n) is 9.43. The van der Waals surface area contributed by atoms with Crippen LogP contribution < -0.4 is 10.6 Å². The van der Waals surface area contributed by atoms with Gasteiger partial charge in [-0.1, -0.05) is 56.3 Å². The van der Waals surface area contributed by atoms with Crippen molar-refractivity contribution >= 4 is 28.6 Å². The van der Waals surface area contributed by atoms with Gasteiger partial charge in [0.15, 0.2) is 0 Å². The molecule has 0 aliphatic rings. The quantitative estimate of drug-likeness (QED) is 0.685. The number of hydrogen-bond donors (Lipinski definition) is 2. The molecule has 0 bridgehead atoms. The molecule has 2 rings (SSSR count). The van der Waals surface area contributed by atoms with Crippen LogP contribution in [-0.4, -0.2) is 37.0 Å². The van der Waals surface area contributed by atoms with E-state index in [2.05, 4.69) is 10.6 Å². The molecule has 0 aliphatic carbocycles. The lowest BCUT2D eigenvalue weighted by Crippen LogP contribution is -2.52. The number of hydrogen-bond acceptors (Lipinski definition) is 4. The molecule has 0 aromatic heterocycles. The lowest BCUT2D eigenvalue weighted by molar-refractivity contribution is -0.145. The van der Waals surface area contributed by atoms with Crippen molar-refractivity contribution in [2.45, 2.75) is 45.7 Å². The van der Waals surface area contributed by atoms with Gasteiger partial charge < -0.3 is 15.4 Å². The van der Waals surface area contributed by atoms with Crippen LogP contribution in [0.2, 0.25) is 0 Å². The number of amides is 2. The normalized spacial score (nSPS) is 13.0. The molecule has 2 amide bonds. The Labute approximate surface area is 165 Å². The van der Waals surface area contributed by atoms with Gasteiger partial charge in [-0.05, 0) is 28.7 Å². The molecule has 0 saturated carbocycles. The summed E-state index contributed by atoms with van der Waals surface area (Å²) < 4.78 is 4.81. The summed E-state index contributed by atoms with van der Waals surface area (Å²) in [6.07, 6.45) is 0.780. The van der Waals surface area contributed by atoms with Gasteiger partial charge in [0.1, 0.15) is 12.1 Å². The molecule has 0 saturated heterocycles. The van der Waals surface area contributed by atoms with Crippen molar-refractivity contribution in [2.75, 3.05) is 7.11 Å². The molecule has 6 heteroatoms. The summed E-state index contributed by atoms with van der Waals surface area (Å²) in [6.45, 7) is 5.29. The van der Waals surface area contributed by atoms with Gasteiger partial charge in [0.2, 0.25) is 11.8 Å². The van der Waals surface area contributed by atoms with E-state index in [9.17, 15) is 14.4 Å². The summed E-state index contributed by atoms with van der Waals surface area (Å²) in [5.41, 5.74) is 0.950. The van der Waals surface area contributed by atoms with E-state index in [1.165, 1.54) is 14.0 Å². The van der Waals surface area contributed by atoms with Crippen LogP contribution in [-0.2, 0) is 25.5 Å². The minimum absolute atomic E-state index is 0.196. The smallest absolute Gasteiger partial charge is 0.328 e. The average molecular weight is 384 g/mol. The van der Waals surface area contributed by atoms with Gasteiger partial charge in [-0.25, -0.2) is 4.79 Å². The second-order valence-electron chi connectivity index (χ2n) is 7.31. The van der Waals surface area contributed by atoms with Gasteiger partial charge in [0.05, 0.1) is 7.11 Å². The van der Waals surface area contributed by atoms with Crippen LogP contribution in [0, 0.1) is 5.92 Å². The maximum Gasteiger partial charge on any atom is 0.328 e. The highest BCUT2D eigenvalue weighted by Crippen LogP contribution is 2.20. The van der Waals surface area contributed by atoms with Crippen LogP contribution in [0.1, 0.15) is 32.8 Å². The summed E-state index contributed by atoms with van der Waals surface area (Å²) in [7, 11) is 1.29. The summed E-state index contributed by atoms with van der Waals surface area (Å²) in [4.78, 5) is 36.6. The number of carbonyl (C=O) groups excluding carboxylic acids is 3. The van der Waals surface area contributed by atoms with Gasteiger partial charge >= 0.3 is 5.97 Å². The minimum atomic E-state index is -0.789. The van der Waals surface area contributed by atoms with Crippen LogP contribution in [0.25, 0.3) is 10.8 Å². The van der Waals surface area contributed by atoms with Gasteiger partial charge in [-0.2, -0.15) is 0 Å². The first kappa shape index (κ1) is 21.4. The molecular formula is C22H28N2O4. The predicted octanol–water partition coefficient (Wildman–Crippen LogP) is 2.59. The molecule has 0 fully saturated rings. The monoisotopic (exact) mass is 384 g/mol. The fraction of sp³-hybridized carbons (Fsp3) is 0.409. The van der Waals surface area contributed by atoms with Crippen LogP contribution in [0.3, 0.4) is 0 Å². The predicted molar refractivity (Wildman–Crippen MR) is 109 cm³/mol. The van der Waals surface area contributed by atoms with E-state index < -0.39 is 24.0 Å². The Morgan fingerprint density at radius 1 is 0.964 bits per heavy atom. The highest BCUT2D eigenvalue weighted by molar-refractivity contribution is 5.92. The van der Waals surface area contributed by atoms with Crippen LogP contribution >= 0.6 is 0 Å². The van der Waals surface area contributed by atoms with Gasteiger partial charge in [0, 0.05) is 13.3 Å². The lowest BCUT2D eigenvalue weighted by Gasteiger charge is -2.23. The number of methoxy groups -OCH3 is 1. The van der Waals surface area contributed by atoms with E-state index in [1.807, 2.05) is 56.3 Å². The Kier molecular flexibility index (Phi) is 7.55. The van der Waals surface area contributed by atoms with Crippen molar-refractivity contribution in [3.05, 3.63) is 48.0 Å². The van der Waals surface area contributed by atoms with Crippen LogP contribution in [0.5, 0.6) is 0 Å². The SMILES string of the molecule is COC(=O)[C@H](CC(C)C)NC(=O)C(Cc1cccc2ccccc12)NC(C)=O. The Morgan fingerprint density at radius 2 is 1.64 bits per heavy atom. The van der Waals surface area contributed by atoms with E-state index in [0.717, 1.165) is 16.3 Å². The zero-order valence-electron chi connectivity index (χ0n) is 16.8. The molecule has 2 N–H and O–H groups in total. The van der Waals surface area contributed by atoms with Crippen molar-refractivity contribution in [3.8, 4) is 0 Å². The van der Waals surface area contributed by atoms with E-state index in [4.69, 9.17) is 4.74 Å². The third kappa shape index (κ3) is 5.81. The number of benzene rings is 2. The molecule has 2 aromatic rings. The summed E-state index contributed by atoms with van der Waals surface area (Å²) in [5, 5.41) is 7.54. The average Bonchev–Trinajstić information content (AvgIpc) is 2.65. The third-order valence-electron chi connectivity index (χ3n) is 4.51. The Balaban J connectivity index is 2.25. The largest absolute Gasteiger partial charge is 0.467 e. The van der Waals surface area contributed by atoms with Gasteiger partial charge in [-0.15, -0.1) is 0 Å². The number of carbonyl (C=O) groups is 3. The van der Waals surface area contributed by atoms with Gasteiger partial charge in [0.25, 0.3) is 0 Å². The second kappa shape index (κ2) is 9.88. The van der Waals surface area contributed by atoms with Crippen molar-refractivity contribution in [1.29, 1.82) is 0 Å². The number of ether oxygens (including phenoxy) is 1. The van der Waals surface area contributed by atoms with E-state index >= 15 is 0 Å². The fourth-order valence-electron chi connectivity index (χ4n) is 3.25. The molecule has 1 unspecified atom stereocenters. The molecule has 0 heterocycles. The topological polar surface area (TPSA) is 84.5 Å². The molecule has 0 aliphatic heterocycles. The molecule has 6 nitrogen and oxygen atoms in total. The van der Waals surface area contributed by atoms with Crippen molar-refractivity contribution < 1.29 is 19.1 Å². The highest BCUT2D eigenvalue weighted by atomic mass is 16.5. The standard InChI is InChI=1S/C22H28N2O4/c1-14(2)12-20(22(27)28-4)24-21(26)19(23-15(3)25)13-17-10-7-9-16-8-5-6-11-18(16)17/h5-11,14,19-20H,12-13H2,1-4H3,(H,23,25)(H,24,26)/t19?,20-/m0/s1. The molecule has 2 aromatic carbocycles. The lowest BCUT2D eigenvalue weighted by atomic mass is 9.97. The summed E-state index contributed by atoms with van der Waals surface area (Å²) in [5.74, 6) is -1.01. The molecular weight excluding hydrogens is 356 g/mol. The third-order valence-corrected chi connectivity index (χ3v) is 4.51. The highest BCUT2D eigenvalue weighted by Gasteiger charge is 2.27. The van der Waals surface area contributed by atoms with Crippen molar-refractivity contribution in [1.82, 2.24) is 10.6 Å². The number of fused-ring (bicyclic) bond motifs is 1. The zero-order chi connectivity index (χ0) is 20.7. The summed E-state index contributed by atoms with van der Waals surface area (Å²) in [6, 6.07) is 12.2. The maximum absolute atomic E-state index is 12.9. The zero-order valence-corrected chi connectivity index (χ0v) is 16.8. The van der Waals surface area contributed by atoms with Gasteiger partial charge in [-0.3, -0.25) is 9.59 Å². The first-order valence-corrected chi connectivity index (χ1v) is 9.43. The van der Waals surface area contributed by atoms with Crippen LogP contribution in [0.15, 0.2) is 42.5 Å². The molecule has 0 spiro atoms. The number of nitrogens with one attached hydrogen (secondary N) is 2. The van der Waals surface area contributed by atoms with E-state index in [-0.39, 0.29) is 11.8 Å². The van der Waals surface area contributed by atoms with Crippen molar-refractivity contribution in [3.63, 3.8) is 0 Å². The fourth-order valence-corrected chi connectivity index (χ4v) is 3.25.